The van der Waals surface area contributed by atoms with Crippen molar-refractivity contribution in [3.8, 4) is 0 Å². The first-order valence-electron chi connectivity index (χ1n) is 5.77. The van der Waals surface area contributed by atoms with Crippen molar-refractivity contribution >= 4 is 0 Å². The van der Waals surface area contributed by atoms with Crippen LogP contribution in [0.1, 0.15) is 44.9 Å². The van der Waals surface area contributed by atoms with Crippen molar-refractivity contribution in [2.75, 3.05) is 0 Å². The van der Waals surface area contributed by atoms with Crippen LogP contribution in [0.2, 0.25) is 0 Å². The van der Waals surface area contributed by atoms with Crippen LogP contribution in [0, 0.1) is 11.8 Å². The van der Waals surface area contributed by atoms with Gasteiger partial charge in [-0.25, -0.2) is 0 Å². The van der Waals surface area contributed by atoms with Crippen molar-refractivity contribution in [3.05, 3.63) is 12.2 Å². The van der Waals surface area contributed by atoms with Crippen LogP contribution < -0.4 is 5.73 Å². The number of allylic oxidation sites excluding steroid dienone is 2. The highest BCUT2D eigenvalue weighted by Crippen LogP contribution is 2.32. The zero-order valence-electron chi connectivity index (χ0n) is 8.41. The molecule has 0 amide bonds. The highest BCUT2D eigenvalue weighted by Gasteiger charge is 2.24. The van der Waals surface area contributed by atoms with Crippen LogP contribution in [0.25, 0.3) is 0 Å². The van der Waals surface area contributed by atoms with Crippen molar-refractivity contribution in [2.24, 2.45) is 17.6 Å². The predicted octanol–water partition coefficient (Wildman–Crippen LogP) is 2.86. The molecule has 2 aliphatic carbocycles. The second kappa shape index (κ2) is 4.28. The molecule has 0 aromatic heterocycles. The Morgan fingerprint density at radius 3 is 2.46 bits per heavy atom. The van der Waals surface area contributed by atoms with Gasteiger partial charge >= 0.3 is 0 Å². The molecule has 1 saturated carbocycles. The summed E-state index contributed by atoms with van der Waals surface area (Å²) in [4.78, 5) is 0. The Labute approximate surface area is 81.4 Å². The van der Waals surface area contributed by atoms with Crippen LogP contribution in [0.4, 0.5) is 0 Å². The summed E-state index contributed by atoms with van der Waals surface area (Å²) in [6, 6.07) is 0.509. The summed E-state index contributed by atoms with van der Waals surface area (Å²) in [6.45, 7) is 0. The molecule has 2 N–H and O–H groups in total. The predicted molar refractivity (Wildman–Crippen MR) is 56.4 cm³/mol. The van der Waals surface area contributed by atoms with Gasteiger partial charge in [-0.3, -0.25) is 0 Å². The summed E-state index contributed by atoms with van der Waals surface area (Å²) < 4.78 is 0. The van der Waals surface area contributed by atoms with Crippen LogP contribution in [-0.2, 0) is 0 Å². The Kier molecular flexibility index (Phi) is 3.05. The molecule has 0 radical (unpaired) electrons. The summed E-state index contributed by atoms with van der Waals surface area (Å²) in [5.74, 6) is 1.76. The van der Waals surface area contributed by atoms with Gasteiger partial charge in [0.15, 0.2) is 0 Å². The van der Waals surface area contributed by atoms with E-state index in [1.165, 1.54) is 44.9 Å². The van der Waals surface area contributed by atoms with Gasteiger partial charge in [0, 0.05) is 6.04 Å². The first-order chi connectivity index (χ1) is 6.36. The number of nitrogens with two attached hydrogens (primary N) is 1. The SMILES string of the molecule is NC1CCCCC1CC1CC=CC1. The van der Waals surface area contributed by atoms with E-state index in [1.54, 1.807) is 0 Å². The molecular formula is C12H21N. The molecule has 74 valence electrons. The van der Waals surface area contributed by atoms with E-state index in [0.29, 0.717) is 6.04 Å². The van der Waals surface area contributed by atoms with Gasteiger partial charge < -0.3 is 5.73 Å². The molecule has 2 atom stereocenters. The maximum Gasteiger partial charge on any atom is 0.00672 e. The van der Waals surface area contributed by atoms with Crippen LogP contribution >= 0.6 is 0 Å². The van der Waals surface area contributed by atoms with Crippen molar-refractivity contribution < 1.29 is 0 Å². The zero-order valence-corrected chi connectivity index (χ0v) is 8.41. The first-order valence-corrected chi connectivity index (χ1v) is 5.77. The Balaban J connectivity index is 1.78. The number of hydrogen-bond donors (Lipinski definition) is 1. The summed E-state index contributed by atoms with van der Waals surface area (Å²) >= 11 is 0. The van der Waals surface area contributed by atoms with E-state index in [2.05, 4.69) is 12.2 Å². The minimum Gasteiger partial charge on any atom is -0.327 e. The van der Waals surface area contributed by atoms with E-state index >= 15 is 0 Å². The Morgan fingerprint density at radius 2 is 1.77 bits per heavy atom. The molecule has 0 saturated heterocycles. The Hall–Kier alpha value is -0.300. The molecule has 0 bridgehead atoms. The van der Waals surface area contributed by atoms with Gasteiger partial charge in [0.2, 0.25) is 0 Å². The van der Waals surface area contributed by atoms with E-state index in [9.17, 15) is 0 Å². The number of hydrogen-bond acceptors (Lipinski definition) is 1. The largest absolute Gasteiger partial charge is 0.327 e. The highest BCUT2D eigenvalue weighted by molar-refractivity contribution is 4.95. The van der Waals surface area contributed by atoms with Crippen molar-refractivity contribution in [3.63, 3.8) is 0 Å². The molecule has 1 heteroatoms. The molecule has 0 heterocycles. The minimum atomic E-state index is 0.509. The first kappa shape index (κ1) is 9.26. The Morgan fingerprint density at radius 1 is 1.08 bits per heavy atom. The summed E-state index contributed by atoms with van der Waals surface area (Å²) in [7, 11) is 0. The van der Waals surface area contributed by atoms with Crippen molar-refractivity contribution in [2.45, 2.75) is 51.0 Å². The molecule has 0 aliphatic heterocycles. The quantitative estimate of drug-likeness (QED) is 0.648. The zero-order chi connectivity index (χ0) is 9.10. The minimum absolute atomic E-state index is 0.509. The van der Waals surface area contributed by atoms with Gasteiger partial charge in [0.25, 0.3) is 0 Å². The molecular weight excluding hydrogens is 158 g/mol. The van der Waals surface area contributed by atoms with Crippen LogP contribution in [0.15, 0.2) is 12.2 Å². The molecule has 0 spiro atoms. The molecule has 1 nitrogen and oxygen atoms in total. The molecule has 1 fully saturated rings. The molecule has 2 rings (SSSR count). The number of rotatable bonds is 2. The van der Waals surface area contributed by atoms with Gasteiger partial charge in [-0.05, 0) is 43.9 Å². The van der Waals surface area contributed by atoms with Crippen molar-refractivity contribution in [1.29, 1.82) is 0 Å². The standard InChI is InChI=1S/C12H21N/c13-12-8-4-3-7-11(12)9-10-5-1-2-6-10/h1-2,10-12H,3-9,13H2. The fraction of sp³-hybridized carbons (Fsp3) is 0.833. The van der Waals surface area contributed by atoms with Crippen molar-refractivity contribution in [1.82, 2.24) is 0 Å². The van der Waals surface area contributed by atoms with Crippen LogP contribution in [0.3, 0.4) is 0 Å². The van der Waals surface area contributed by atoms with Gasteiger partial charge in [0.1, 0.15) is 0 Å². The topological polar surface area (TPSA) is 26.0 Å². The maximum atomic E-state index is 6.14. The fourth-order valence-corrected chi connectivity index (χ4v) is 2.82. The summed E-state index contributed by atoms with van der Waals surface area (Å²) in [5.41, 5.74) is 6.14. The lowest BCUT2D eigenvalue weighted by atomic mass is 9.79. The van der Waals surface area contributed by atoms with E-state index in [-0.39, 0.29) is 0 Å². The summed E-state index contributed by atoms with van der Waals surface area (Å²) in [5, 5.41) is 0. The lowest BCUT2D eigenvalue weighted by Gasteiger charge is -2.30. The molecule has 0 aromatic carbocycles. The van der Waals surface area contributed by atoms with E-state index in [4.69, 9.17) is 5.73 Å². The lowest BCUT2D eigenvalue weighted by Crippen LogP contribution is -2.34. The van der Waals surface area contributed by atoms with Gasteiger partial charge in [-0.2, -0.15) is 0 Å². The van der Waals surface area contributed by atoms with Gasteiger partial charge in [0.05, 0.1) is 0 Å². The monoisotopic (exact) mass is 179 g/mol. The third-order valence-corrected chi connectivity index (χ3v) is 3.71. The van der Waals surface area contributed by atoms with E-state index < -0.39 is 0 Å². The average molecular weight is 179 g/mol. The summed E-state index contributed by atoms with van der Waals surface area (Å²) in [6.07, 6.45) is 14.1. The second-order valence-corrected chi connectivity index (χ2v) is 4.75. The van der Waals surface area contributed by atoms with Gasteiger partial charge in [-0.15, -0.1) is 0 Å². The molecule has 0 aromatic rings. The highest BCUT2D eigenvalue weighted by atomic mass is 14.7. The third kappa shape index (κ3) is 2.34. The lowest BCUT2D eigenvalue weighted by molar-refractivity contribution is 0.256. The van der Waals surface area contributed by atoms with Gasteiger partial charge in [-0.1, -0.05) is 25.0 Å². The molecule has 2 aliphatic rings. The smallest absolute Gasteiger partial charge is 0.00672 e. The van der Waals surface area contributed by atoms with E-state index in [0.717, 1.165) is 11.8 Å². The third-order valence-electron chi connectivity index (χ3n) is 3.71. The normalized spacial score (nSPS) is 35.5. The average Bonchev–Trinajstić information content (AvgIpc) is 2.61. The van der Waals surface area contributed by atoms with Crippen LogP contribution in [0.5, 0.6) is 0 Å². The van der Waals surface area contributed by atoms with Crippen LogP contribution in [-0.4, -0.2) is 6.04 Å². The molecule has 2 unspecified atom stereocenters. The Bertz CT molecular complexity index is 178. The second-order valence-electron chi connectivity index (χ2n) is 4.75. The maximum absolute atomic E-state index is 6.14. The molecule has 13 heavy (non-hydrogen) atoms. The van der Waals surface area contributed by atoms with E-state index in [1.807, 2.05) is 0 Å². The fourth-order valence-electron chi connectivity index (χ4n) is 2.82.